The second kappa shape index (κ2) is 6.16. The zero-order valence-corrected chi connectivity index (χ0v) is 15.1. The summed E-state index contributed by atoms with van der Waals surface area (Å²) < 4.78 is 28.8. The van der Waals surface area contributed by atoms with Crippen molar-refractivity contribution in [3.8, 4) is 11.1 Å². The summed E-state index contributed by atoms with van der Waals surface area (Å²) in [4.78, 5) is 30.4. The normalized spacial score (nSPS) is 15.8. The molecule has 3 aromatic rings. The van der Waals surface area contributed by atoms with Crippen molar-refractivity contribution < 1.29 is 13.6 Å². The van der Waals surface area contributed by atoms with Gasteiger partial charge in [0, 0.05) is 23.8 Å². The Morgan fingerprint density at radius 2 is 1.93 bits per heavy atom. The van der Waals surface area contributed by atoms with E-state index in [9.17, 15) is 18.4 Å². The first-order valence-electron chi connectivity index (χ1n) is 8.21. The smallest absolute Gasteiger partial charge is 0.282 e. The second-order valence-corrected chi connectivity index (χ2v) is 7.08. The summed E-state index contributed by atoms with van der Waals surface area (Å²) in [6.07, 6.45) is 3.05. The first kappa shape index (κ1) is 17.7. The van der Waals surface area contributed by atoms with E-state index in [1.54, 1.807) is 42.1 Å². The van der Waals surface area contributed by atoms with E-state index in [-0.39, 0.29) is 6.54 Å². The van der Waals surface area contributed by atoms with Gasteiger partial charge in [0.15, 0.2) is 0 Å². The molecule has 0 unspecified atom stereocenters. The van der Waals surface area contributed by atoms with Gasteiger partial charge in [0.2, 0.25) is 5.91 Å². The van der Waals surface area contributed by atoms with Gasteiger partial charge in [-0.2, -0.15) is 0 Å². The summed E-state index contributed by atoms with van der Waals surface area (Å²) in [5, 5.41) is 0.940. The molecule has 4 rings (SSSR count). The largest absolute Gasteiger partial charge is 0.335 e. The minimum Gasteiger partial charge on any atom is -0.335 e. The number of alkyl halides is 2. The fourth-order valence-corrected chi connectivity index (χ4v) is 3.32. The van der Waals surface area contributed by atoms with Crippen LogP contribution < -0.4 is 5.56 Å². The van der Waals surface area contributed by atoms with E-state index in [2.05, 4.69) is 4.98 Å². The monoisotopic (exact) mass is 392 g/mol. The number of likely N-dealkylation sites (tertiary alicyclic amines) is 1. The van der Waals surface area contributed by atoms with Crippen molar-refractivity contribution in [2.75, 3.05) is 13.1 Å². The summed E-state index contributed by atoms with van der Waals surface area (Å²) in [6.45, 7) is -1.55. The lowest BCUT2D eigenvalue weighted by Crippen LogP contribution is -2.59. The Bertz CT molecular complexity index is 1100. The first-order chi connectivity index (χ1) is 12.7. The molecule has 6 nitrogen and oxygen atoms in total. The zero-order valence-electron chi connectivity index (χ0n) is 14.3. The van der Waals surface area contributed by atoms with Crippen molar-refractivity contribution in [3.63, 3.8) is 0 Å². The molecule has 0 atom stereocenters. The number of carbonyl (C=O) groups excluding carboxylic acids is 1. The molecule has 2 aromatic heterocycles. The van der Waals surface area contributed by atoms with Gasteiger partial charge in [0.05, 0.1) is 18.5 Å². The van der Waals surface area contributed by atoms with Gasteiger partial charge in [-0.25, -0.2) is 13.8 Å². The van der Waals surface area contributed by atoms with Crippen LogP contribution in [0, 0.1) is 0 Å². The lowest BCUT2D eigenvalue weighted by molar-refractivity contribution is -0.166. The van der Waals surface area contributed by atoms with Crippen LogP contribution in [0.4, 0.5) is 8.78 Å². The van der Waals surface area contributed by atoms with Gasteiger partial charge in [-0.1, -0.05) is 23.7 Å². The van der Waals surface area contributed by atoms with Crippen LogP contribution in [0.5, 0.6) is 0 Å². The van der Waals surface area contributed by atoms with Gasteiger partial charge in [-0.15, -0.1) is 0 Å². The summed E-state index contributed by atoms with van der Waals surface area (Å²) in [6, 6.07) is 7.03. The Morgan fingerprint density at radius 1 is 1.26 bits per heavy atom. The number of hydrogen-bond donors (Lipinski definition) is 0. The predicted molar refractivity (Wildman–Crippen MR) is 96.9 cm³/mol. The fraction of sp³-hybridized carbons (Fsp3) is 0.278. The third kappa shape index (κ3) is 3.10. The van der Waals surface area contributed by atoms with Gasteiger partial charge in [0.1, 0.15) is 18.5 Å². The molecule has 1 amide bonds. The van der Waals surface area contributed by atoms with Crippen molar-refractivity contribution in [1.29, 1.82) is 0 Å². The van der Waals surface area contributed by atoms with Gasteiger partial charge >= 0.3 is 0 Å². The highest BCUT2D eigenvalue weighted by atomic mass is 35.5. The minimum atomic E-state index is -2.84. The van der Waals surface area contributed by atoms with E-state index in [0.29, 0.717) is 21.6 Å². The molecule has 0 spiro atoms. The summed E-state index contributed by atoms with van der Waals surface area (Å²) in [5.41, 5.74) is 1.53. The molecule has 1 aliphatic rings. The highest BCUT2D eigenvalue weighted by Crippen LogP contribution is 2.28. The number of hydrogen-bond acceptors (Lipinski definition) is 3. The van der Waals surface area contributed by atoms with Crippen LogP contribution in [0.1, 0.15) is 0 Å². The van der Waals surface area contributed by atoms with Crippen LogP contribution in [-0.2, 0) is 18.4 Å². The van der Waals surface area contributed by atoms with Crippen LogP contribution in [0.25, 0.3) is 22.2 Å². The standard InChI is InChI=1S/C18H15ClF2N4O2/c1-23-6-13(11-2-4-12(19)5-3-11)15-16(23)22-10-24(17(15)27)7-14(26)25-8-18(20,21)9-25/h2-6,10H,7-9H2,1H3. The van der Waals surface area contributed by atoms with E-state index in [1.807, 2.05) is 0 Å². The summed E-state index contributed by atoms with van der Waals surface area (Å²) >= 11 is 5.93. The number of aromatic nitrogens is 3. The molecule has 1 saturated heterocycles. The number of benzene rings is 1. The molecule has 1 aromatic carbocycles. The molecule has 9 heteroatoms. The van der Waals surface area contributed by atoms with Crippen molar-refractivity contribution in [1.82, 2.24) is 19.0 Å². The van der Waals surface area contributed by atoms with Crippen molar-refractivity contribution >= 4 is 28.5 Å². The maximum absolute atomic E-state index is 13.0. The Balaban J connectivity index is 1.73. The Hall–Kier alpha value is -2.74. The highest BCUT2D eigenvalue weighted by molar-refractivity contribution is 6.30. The lowest BCUT2D eigenvalue weighted by Gasteiger charge is -2.38. The number of aryl methyl sites for hydroxylation is 1. The minimum absolute atomic E-state index is 0.327. The number of rotatable bonds is 3. The Morgan fingerprint density at radius 3 is 2.56 bits per heavy atom. The number of halogens is 3. The third-order valence-electron chi connectivity index (χ3n) is 4.60. The average molecular weight is 393 g/mol. The molecule has 140 valence electrons. The number of fused-ring (bicyclic) bond motifs is 1. The molecule has 0 saturated carbocycles. The fourth-order valence-electron chi connectivity index (χ4n) is 3.20. The molecular formula is C18H15ClF2N4O2. The number of carbonyl (C=O) groups is 1. The van der Waals surface area contributed by atoms with Crippen LogP contribution in [-0.4, -0.2) is 43.9 Å². The van der Waals surface area contributed by atoms with Gasteiger partial charge in [-0.3, -0.25) is 14.2 Å². The molecule has 0 bridgehead atoms. The Labute approximate surface area is 157 Å². The van der Waals surface area contributed by atoms with Crippen molar-refractivity contribution in [2.45, 2.75) is 12.5 Å². The second-order valence-electron chi connectivity index (χ2n) is 6.64. The lowest BCUT2D eigenvalue weighted by atomic mass is 10.1. The molecular weight excluding hydrogens is 378 g/mol. The quantitative estimate of drug-likeness (QED) is 0.688. The maximum Gasteiger partial charge on any atom is 0.282 e. The van der Waals surface area contributed by atoms with Crippen molar-refractivity contribution in [3.05, 3.63) is 52.2 Å². The van der Waals surface area contributed by atoms with Crippen LogP contribution >= 0.6 is 11.6 Å². The molecule has 0 aliphatic carbocycles. The first-order valence-corrected chi connectivity index (χ1v) is 8.59. The van der Waals surface area contributed by atoms with Crippen LogP contribution in [0.15, 0.2) is 41.6 Å². The molecule has 1 fully saturated rings. The SMILES string of the molecule is Cn1cc(-c2ccc(Cl)cc2)c2c(=O)n(CC(=O)N3CC(F)(F)C3)cnc21. The van der Waals surface area contributed by atoms with Crippen molar-refractivity contribution in [2.24, 2.45) is 7.05 Å². The van der Waals surface area contributed by atoms with E-state index in [1.165, 1.54) is 6.33 Å². The van der Waals surface area contributed by atoms with Gasteiger partial charge in [-0.05, 0) is 17.7 Å². The molecule has 1 aliphatic heterocycles. The van der Waals surface area contributed by atoms with Gasteiger partial charge < -0.3 is 9.47 Å². The maximum atomic E-state index is 13.0. The van der Waals surface area contributed by atoms with E-state index in [0.717, 1.165) is 15.0 Å². The zero-order chi connectivity index (χ0) is 19.3. The van der Waals surface area contributed by atoms with E-state index < -0.39 is 30.5 Å². The average Bonchev–Trinajstić information content (AvgIpc) is 2.93. The predicted octanol–water partition coefficient (Wildman–Crippen LogP) is 2.53. The number of amides is 1. The Kier molecular flexibility index (Phi) is 4.03. The molecule has 27 heavy (non-hydrogen) atoms. The summed E-state index contributed by atoms with van der Waals surface area (Å²) in [5.74, 6) is -3.38. The van der Waals surface area contributed by atoms with E-state index >= 15 is 0 Å². The molecule has 0 radical (unpaired) electrons. The third-order valence-corrected chi connectivity index (χ3v) is 4.85. The molecule has 3 heterocycles. The topological polar surface area (TPSA) is 60.1 Å². The van der Waals surface area contributed by atoms with Crippen LogP contribution in [0.3, 0.4) is 0 Å². The van der Waals surface area contributed by atoms with Crippen LogP contribution in [0.2, 0.25) is 5.02 Å². The van der Waals surface area contributed by atoms with E-state index in [4.69, 9.17) is 11.6 Å². The number of nitrogens with zero attached hydrogens (tertiary/aromatic N) is 4. The summed E-state index contributed by atoms with van der Waals surface area (Å²) in [7, 11) is 1.77. The highest BCUT2D eigenvalue weighted by Gasteiger charge is 2.46. The molecule has 0 N–H and O–H groups in total. The van der Waals surface area contributed by atoms with Gasteiger partial charge in [0.25, 0.3) is 11.5 Å².